The van der Waals surface area contributed by atoms with E-state index in [1.54, 1.807) is 12.1 Å². The number of aryl methyl sites for hydroxylation is 1. The van der Waals surface area contributed by atoms with Crippen molar-refractivity contribution in [3.8, 4) is 11.8 Å². The smallest absolute Gasteiger partial charge is 0.317 e. The van der Waals surface area contributed by atoms with E-state index in [0.717, 1.165) is 11.1 Å². The Morgan fingerprint density at radius 2 is 2.00 bits per heavy atom. The first-order valence-corrected chi connectivity index (χ1v) is 4.76. The number of nitrogen functional groups attached to an aromatic ring is 2. The largest absolute Gasteiger partial charge is 0.468 e. The fourth-order valence-electron chi connectivity index (χ4n) is 1.17. The molecule has 0 heterocycles. The van der Waals surface area contributed by atoms with Crippen LogP contribution in [0.3, 0.4) is 0 Å². The van der Waals surface area contributed by atoms with E-state index in [9.17, 15) is 4.79 Å². The fourth-order valence-corrected chi connectivity index (χ4v) is 1.17. The lowest BCUT2D eigenvalue weighted by Gasteiger charge is -2.03. The molecular weight excluding hydrogens is 204 g/mol. The summed E-state index contributed by atoms with van der Waals surface area (Å²) in [5, 5.41) is 0. The lowest BCUT2D eigenvalue weighted by Crippen LogP contribution is -1.98. The van der Waals surface area contributed by atoms with E-state index >= 15 is 0 Å². The molecule has 0 unspecified atom stereocenters. The predicted octanol–water partition coefficient (Wildman–Crippen LogP) is 1.07. The molecule has 1 rings (SSSR count). The van der Waals surface area contributed by atoms with E-state index in [1.165, 1.54) is 7.11 Å². The summed E-state index contributed by atoms with van der Waals surface area (Å²) in [6.45, 7) is 1.89. The van der Waals surface area contributed by atoms with Gasteiger partial charge in [-0.1, -0.05) is 11.8 Å². The van der Waals surface area contributed by atoms with Crippen molar-refractivity contribution in [2.24, 2.45) is 0 Å². The van der Waals surface area contributed by atoms with E-state index in [1.807, 2.05) is 6.92 Å². The number of rotatable bonds is 1. The summed E-state index contributed by atoms with van der Waals surface area (Å²) in [6.07, 6.45) is 0.0697. The molecule has 0 saturated heterocycles. The molecule has 0 aliphatic carbocycles. The van der Waals surface area contributed by atoms with Gasteiger partial charge in [0.15, 0.2) is 0 Å². The van der Waals surface area contributed by atoms with Gasteiger partial charge in [-0.25, -0.2) is 0 Å². The predicted molar refractivity (Wildman–Crippen MR) is 63.5 cm³/mol. The van der Waals surface area contributed by atoms with Crippen molar-refractivity contribution >= 4 is 17.3 Å². The van der Waals surface area contributed by atoms with E-state index in [0.29, 0.717) is 11.4 Å². The zero-order valence-electron chi connectivity index (χ0n) is 9.33. The van der Waals surface area contributed by atoms with Gasteiger partial charge in [0.05, 0.1) is 18.5 Å². The number of hydrogen-bond donors (Lipinski definition) is 2. The molecule has 0 atom stereocenters. The van der Waals surface area contributed by atoms with Gasteiger partial charge in [-0.3, -0.25) is 4.79 Å². The molecule has 0 aromatic heterocycles. The van der Waals surface area contributed by atoms with Crippen LogP contribution in [-0.2, 0) is 9.53 Å². The highest BCUT2D eigenvalue weighted by molar-refractivity contribution is 5.73. The Balaban J connectivity index is 2.89. The van der Waals surface area contributed by atoms with Crippen molar-refractivity contribution in [2.75, 3.05) is 18.6 Å². The topological polar surface area (TPSA) is 78.3 Å². The Morgan fingerprint density at radius 3 is 2.62 bits per heavy atom. The summed E-state index contributed by atoms with van der Waals surface area (Å²) < 4.78 is 4.48. The van der Waals surface area contributed by atoms with E-state index in [4.69, 9.17) is 11.5 Å². The number of carbonyl (C=O) groups excluding carboxylic acids is 1. The quantitative estimate of drug-likeness (QED) is 0.420. The lowest BCUT2D eigenvalue weighted by molar-refractivity contribution is -0.139. The number of carbonyl (C=O) groups is 1. The van der Waals surface area contributed by atoms with Crippen LogP contribution in [0.15, 0.2) is 12.1 Å². The van der Waals surface area contributed by atoms with Crippen molar-refractivity contribution in [3.05, 3.63) is 23.3 Å². The number of methoxy groups -OCH3 is 1. The highest BCUT2D eigenvalue weighted by Gasteiger charge is 2.00. The highest BCUT2D eigenvalue weighted by atomic mass is 16.5. The SMILES string of the molecule is COC(=O)CC#Cc1cc(N)c(N)cc1C. The van der Waals surface area contributed by atoms with Gasteiger partial charge in [0, 0.05) is 5.56 Å². The van der Waals surface area contributed by atoms with Gasteiger partial charge in [0.2, 0.25) is 0 Å². The normalized spacial score (nSPS) is 9.12. The van der Waals surface area contributed by atoms with Gasteiger partial charge in [0.1, 0.15) is 6.42 Å². The summed E-state index contributed by atoms with van der Waals surface area (Å²) in [6, 6.07) is 3.46. The summed E-state index contributed by atoms with van der Waals surface area (Å²) in [7, 11) is 1.33. The van der Waals surface area contributed by atoms with Crippen LogP contribution >= 0.6 is 0 Å². The number of benzene rings is 1. The Kier molecular flexibility index (Phi) is 3.78. The van der Waals surface area contributed by atoms with Crippen molar-refractivity contribution in [1.29, 1.82) is 0 Å². The molecule has 0 aliphatic heterocycles. The van der Waals surface area contributed by atoms with Gasteiger partial charge < -0.3 is 16.2 Å². The third-order valence-corrected chi connectivity index (χ3v) is 2.11. The molecule has 16 heavy (non-hydrogen) atoms. The van der Waals surface area contributed by atoms with Crippen LogP contribution in [0.5, 0.6) is 0 Å². The maximum absolute atomic E-state index is 10.8. The molecular formula is C12H14N2O2. The monoisotopic (exact) mass is 218 g/mol. The Labute approximate surface area is 94.6 Å². The second-order valence-electron chi connectivity index (χ2n) is 3.35. The van der Waals surface area contributed by atoms with Crippen LogP contribution < -0.4 is 11.5 Å². The zero-order valence-corrected chi connectivity index (χ0v) is 9.33. The number of nitrogens with two attached hydrogens (primary N) is 2. The van der Waals surface area contributed by atoms with Crippen LogP contribution in [0.2, 0.25) is 0 Å². The zero-order chi connectivity index (χ0) is 12.1. The fraction of sp³-hybridized carbons (Fsp3) is 0.250. The van der Waals surface area contributed by atoms with Crippen LogP contribution in [0.4, 0.5) is 11.4 Å². The number of hydrogen-bond acceptors (Lipinski definition) is 4. The second kappa shape index (κ2) is 5.08. The second-order valence-corrected chi connectivity index (χ2v) is 3.35. The minimum absolute atomic E-state index is 0.0697. The molecule has 1 aromatic rings. The average Bonchev–Trinajstić information content (AvgIpc) is 2.25. The standard InChI is InChI=1S/C12H14N2O2/c1-8-6-10(13)11(14)7-9(8)4-3-5-12(15)16-2/h6-7H,5,13-14H2,1-2H3. The minimum atomic E-state index is -0.353. The summed E-state index contributed by atoms with van der Waals surface area (Å²) in [4.78, 5) is 10.8. The Bertz CT molecular complexity index is 470. The molecule has 1 aromatic carbocycles. The molecule has 0 bridgehead atoms. The number of esters is 1. The van der Waals surface area contributed by atoms with Gasteiger partial charge in [-0.2, -0.15) is 0 Å². The van der Waals surface area contributed by atoms with Gasteiger partial charge in [-0.15, -0.1) is 0 Å². The van der Waals surface area contributed by atoms with Gasteiger partial charge in [-0.05, 0) is 24.6 Å². The molecule has 0 radical (unpaired) electrons. The van der Waals surface area contributed by atoms with Crippen molar-refractivity contribution in [1.82, 2.24) is 0 Å². The number of ether oxygens (including phenoxy) is 1. The van der Waals surface area contributed by atoms with Crippen LogP contribution in [0.25, 0.3) is 0 Å². The summed E-state index contributed by atoms with van der Waals surface area (Å²) in [5.74, 6) is 5.23. The molecule has 4 N–H and O–H groups in total. The highest BCUT2D eigenvalue weighted by Crippen LogP contribution is 2.19. The third kappa shape index (κ3) is 2.92. The first-order chi connectivity index (χ1) is 7.54. The van der Waals surface area contributed by atoms with Crippen molar-refractivity contribution < 1.29 is 9.53 Å². The van der Waals surface area contributed by atoms with E-state index in [-0.39, 0.29) is 12.4 Å². The summed E-state index contributed by atoms with van der Waals surface area (Å²) in [5.41, 5.74) is 14.0. The van der Waals surface area contributed by atoms with Gasteiger partial charge >= 0.3 is 5.97 Å². The summed E-state index contributed by atoms with van der Waals surface area (Å²) >= 11 is 0. The third-order valence-electron chi connectivity index (χ3n) is 2.11. The molecule has 4 nitrogen and oxygen atoms in total. The van der Waals surface area contributed by atoms with Gasteiger partial charge in [0.25, 0.3) is 0 Å². The average molecular weight is 218 g/mol. The van der Waals surface area contributed by atoms with E-state index in [2.05, 4.69) is 16.6 Å². The Morgan fingerprint density at radius 1 is 1.38 bits per heavy atom. The lowest BCUT2D eigenvalue weighted by atomic mass is 10.1. The number of anilines is 2. The van der Waals surface area contributed by atoms with Crippen molar-refractivity contribution in [3.63, 3.8) is 0 Å². The molecule has 0 spiro atoms. The Hall–Kier alpha value is -2.15. The van der Waals surface area contributed by atoms with Crippen LogP contribution in [-0.4, -0.2) is 13.1 Å². The molecule has 4 heteroatoms. The maximum Gasteiger partial charge on any atom is 0.317 e. The molecule has 0 fully saturated rings. The first-order valence-electron chi connectivity index (χ1n) is 4.76. The first kappa shape index (κ1) is 11.9. The molecule has 84 valence electrons. The van der Waals surface area contributed by atoms with Crippen molar-refractivity contribution in [2.45, 2.75) is 13.3 Å². The maximum atomic E-state index is 10.8. The van der Waals surface area contributed by atoms with Crippen LogP contribution in [0, 0.1) is 18.8 Å². The molecule has 0 saturated carbocycles. The van der Waals surface area contributed by atoms with E-state index < -0.39 is 0 Å². The minimum Gasteiger partial charge on any atom is -0.468 e. The molecule has 0 amide bonds. The van der Waals surface area contributed by atoms with Crippen LogP contribution in [0.1, 0.15) is 17.5 Å². The molecule has 0 aliphatic rings.